The summed E-state index contributed by atoms with van der Waals surface area (Å²) in [5, 5.41) is 13.2. The SMILES string of the molecule is C=CCCC(=O)OC[C@H](NC(=O)[C@@H]1[C@H]2O[C@@]3(CC2Br)[C@H](C(=O)N(CC=C)C(C)(C)C)N([C@H](C)CO)C(=O)[C@@H]13)c1ccccc1. The summed E-state index contributed by atoms with van der Waals surface area (Å²) in [5.41, 5.74) is -1.13. The van der Waals surface area contributed by atoms with E-state index in [9.17, 15) is 24.3 Å². The molecule has 3 fully saturated rings. The number of hydrogen-bond acceptors (Lipinski definition) is 7. The maximum atomic E-state index is 14.4. The third-order valence-electron chi connectivity index (χ3n) is 8.87. The number of aliphatic hydroxyl groups excluding tert-OH is 1. The quantitative estimate of drug-likeness (QED) is 0.187. The van der Waals surface area contributed by atoms with Crippen LogP contribution in [0.5, 0.6) is 0 Å². The highest BCUT2D eigenvalue weighted by Gasteiger charge is 2.77. The normalized spacial score (nSPS) is 28.6. The highest BCUT2D eigenvalue weighted by Crippen LogP contribution is 2.60. The minimum atomic E-state index is -1.28. The van der Waals surface area contributed by atoms with Crippen molar-refractivity contribution in [1.82, 2.24) is 15.1 Å². The fourth-order valence-electron chi connectivity index (χ4n) is 6.82. The fraction of sp³-hybridized carbons (Fsp3) is 0.576. The van der Waals surface area contributed by atoms with Gasteiger partial charge in [0, 0.05) is 23.3 Å². The van der Waals surface area contributed by atoms with Gasteiger partial charge in [-0.05, 0) is 46.1 Å². The van der Waals surface area contributed by atoms with Crippen LogP contribution in [0.2, 0.25) is 0 Å². The Balaban J connectivity index is 1.69. The molecule has 3 aliphatic heterocycles. The summed E-state index contributed by atoms with van der Waals surface area (Å²) in [5.74, 6) is -3.42. The number of amides is 3. The van der Waals surface area contributed by atoms with Gasteiger partial charge in [0.2, 0.25) is 17.7 Å². The van der Waals surface area contributed by atoms with Crippen LogP contribution in [0.1, 0.15) is 58.6 Å². The molecule has 2 N–H and O–H groups in total. The predicted octanol–water partition coefficient (Wildman–Crippen LogP) is 3.30. The molecule has 8 atom stereocenters. The number of likely N-dealkylation sites (tertiary alicyclic amines) is 1. The lowest BCUT2D eigenvalue weighted by Crippen LogP contribution is -2.61. The van der Waals surface area contributed by atoms with E-state index >= 15 is 0 Å². The molecule has 3 heterocycles. The summed E-state index contributed by atoms with van der Waals surface area (Å²) in [6.45, 7) is 14.7. The van der Waals surface area contributed by atoms with Crippen molar-refractivity contribution in [2.45, 2.75) is 87.2 Å². The summed E-state index contributed by atoms with van der Waals surface area (Å²) in [4.78, 5) is 58.0. The van der Waals surface area contributed by atoms with E-state index in [1.807, 2.05) is 51.1 Å². The largest absolute Gasteiger partial charge is 0.463 e. The Hall–Kier alpha value is -3.02. The molecule has 3 aliphatic rings. The number of aliphatic hydroxyl groups is 1. The van der Waals surface area contributed by atoms with E-state index in [-0.39, 0.29) is 36.9 Å². The van der Waals surface area contributed by atoms with E-state index in [2.05, 4.69) is 34.4 Å². The average molecular weight is 675 g/mol. The molecule has 1 aromatic rings. The monoisotopic (exact) mass is 673 g/mol. The first-order valence-corrected chi connectivity index (χ1v) is 16.0. The fourth-order valence-corrected chi connectivity index (χ4v) is 7.77. The van der Waals surface area contributed by atoms with Gasteiger partial charge in [-0.1, -0.05) is 58.4 Å². The van der Waals surface area contributed by atoms with Crippen molar-refractivity contribution in [2.24, 2.45) is 11.8 Å². The number of nitrogens with zero attached hydrogens (tertiary/aromatic N) is 2. The second-order valence-corrected chi connectivity index (χ2v) is 14.0. The first-order valence-electron chi connectivity index (χ1n) is 15.1. The Kier molecular flexibility index (Phi) is 10.4. The maximum Gasteiger partial charge on any atom is 0.306 e. The second kappa shape index (κ2) is 13.5. The summed E-state index contributed by atoms with van der Waals surface area (Å²) in [6, 6.07) is 6.75. The molecule has 0 aliphatic carbocycles. The minimum Gasteiger partial charge on any atom is -0.463 e. The summed E-state index contributed by atoms with van der Waals surface area (Å²) in [7, 11) is 0. The molecule has 2 bridgehead atoms. The van der Waals surface area contributed by atoms with Gasteiger partial charge in [0.15, 0.2) is 0 Å². The van der Waals surface area contributed by atoms with E-state index in [1.165, 1.54) is 4.90 Å². The number of allylic oxidation sites excluding steroid dienone is 1. The molecule has 240 valence electrons. The van der Waals surface area contributed by atoms with Crippen LogP contribution in [0.4, 0.5) is 0 Å². The van der Waals surface area contributed by atoms with Gasteiger partial charge in [-0.25, -0.2) is 0 Å². The Morgan fingerprint density at radius 2 is 1.93 bits per heavy atom. The number of carbonyl (C=O) groups is 4. The topological polar surface area (TPSA) is 125 Å². The Morgan fingerprint density at radius 3 is 2.52 bits per heavy atom. The Labute approximate surface area is 267 Å². The van der Waals surface area contributed by atoms with Crippen molar-refractivity contribution < 1.29 is 33.8 Å². The number of halogens is 1. The Morgan fingerprint density at radius 1 is 1.25 bits per heavy atom. The van der Waals surface area contributed by atoms with E-state index in [1.54, 1.807) is 24.0 Å². The minimum absolute atomic E-state index is 0.0949. The first-order chi connectivity index (χ1) is 20.8. The van der Waals surface area contributed by atoms with Gasteiger partial charge < -0.3 is 29.7 Å². The van der Waals surface area contributed by atoms with Gasteiger partial charge >= 0.3 is 5.97 Å². The van der Waals surface area contributed by atoms with Crippen molar-refractivity contribution in [3.63, 3.8) is 0 Å². The van der Waals surface area contributed by atoms with Gasteiger partial charge in [-0.3, -0.25) is 19.2 Å². The first kappa shape index (κ1) is 33.9. The summed E-state index contributed by atoms with van der Waals surface area (Å²) >= 11 is 3.70. The summed E-state index contributed by atoms with van der Waals surface area (Å²) < 4.78 is 12.1. The lowest BCUT2D eigenvalue weighted by atomic mass is 9.70. The molecule has 10 nitrogen and oxygen atoms in total. The third-order valence-corrected chi connectivity index (χ3v) is 9.72. The lowest BCUT2D eigenvalue weighted by Gasteiger charge is -2.43. The van der Waals surface area contributed by atoms with Crippen LogP contribution in [-0.4, -0.2) is 92.5 Å². The lowest BCUT2D eigenvalue weighted by molar-refractivity contribution is -0.154. The number of rotatable bonds is 13. The van der Waals surface area contributed by atoms with Gasteiger partial charge in [-0.15, -0.1) is 13.2 Å². The van der Waals surface area contributed by atoms with Crippen molar-refractivity contribution in [3.05, 3.63) is 61.2 Å². The number of fused-ring (bicyclic) bond motifs is 1. The smallest absolute Gasteiger partial charge is 0.306 e. The molecule has 4 rings (SSSR count). The molecule has 3 saturated heterocycles. The maximum absolute atomic E-state index is 14.4. The summed E-state index contributed by atoms with van der Waals surface area (Å²) in [6.07, 6.45) is 3.60. The Bertz CT molecular complexity index is 1270. The molecular formula is C33H44BrN3O7. The molecule has 1 spiro atoms. The van der Waals surface area contributed by atoms with Crippen LogP contribution in [-0.2, 0) is 28.7 Å². The van der Waals surface area contributed by atoms with Crippen molar-refractivity contribution in [3.8, 4) is 0 Å². The molecule has 0 radical (unpaired) electrons. The molecule has 0 saturated carbocycles. The molecule has 0 aromatic heterocycles. The third kappa shape index (κ3) is 6.23. The average Bonchev–Trinajstić information content (AvgIpc) is 3.59. The molecule has 1 aromatic carbocycles. The van der Waals surface area contributed by atoms with Crippen LogP contribution >= 0.6 is 15.9 Å². The van der Waals surface area contributed by atoms with E-state index in [4.69, 9.17) is 9.47 Å². The number of carbonyl (C=O) groups excluding carboxylic acids is 4. The molecule has 11 heteroatoms. The van der Waals surface area contributed by atoms with Crippen molar-refractivity contribution in [1.29, 1.82) is 0 Å². The molecular weight excluding hydrogens is 630 g/mol. The molecule has 1 unspecified atom stereocenters. The van der Waals surface area contributed by atoms with Crippen LogP contribution < -0.4 is 5.32 Å². The van der Waals surface area contributed by atoms with Crippen LogP contribution in [0.15, 0.2) is 55.6 Å². The van der Waals surface area contributed by atoms with Crippen molar-refractivity contribution >= 4 is 39.6 Å². The number of nitrogens with one attached hydrogen (secondary N) is 1. The zero-order valence-electron chi connectivity index (χ0n) is 25.9. The van der Waals surface area contributed by atoms with Gasteiger partial charge in [0.05, 0.1) is 36.6 Å². The highest BCUT2D eigenvalue weighted by molar-refractivity contribution is 9.09. The van der Waals surface area contributed by atoms with E-state index < -0.39 is 65.0 Å². The number of ether oxygens (including phenoxy) is 2. The predicted molar refractivity (Wildman–Crippen MR) is 168 cm³/mol. The zero-order chi connectivity index (χ0) is 32.4. The molecule has 44 heavy (non-hydrogen) atoms. The van der Waals surface area contributed by atoms with Gasteiger partial charge in [0.1, 0.15) is 18.2 Å². The van der Waals surface area contributed by atoms with E-state index in [0.717, 1.165) is 5.56 Å². The van der Waals surface area contributed by atoms with Crippen LogP contribution in [0.3, 0.4) is 0 Å². The van der Waals surface area contributed by atoms with Crippen molar-refractivity contribution in [2.75, 3.05) is 19.8 Å². The standard InChI is InChI=1S/C33H44BrN3O7/c1-7-9-15-24(39)43-19-23(21-13-11-10-12-14-21)35-29(40)25-26-30(41)37(20(3)18-38)28(33(26)17-22(34)27(25)44-33)31(42)36(16-8-2)32(4,5)6/h7-8,10-14,20,22-23,25-28,38H,1-2,9,15-19H2,3-6H3,(H,35,40)/t20-,22?,23+,25+,26-,27+,28+,33-/m1/s1. The van der Waals surface area contributed by atoms with Crippen LogP contribution in [0.25, 0.3) is 0 Å². The number of alkyl halides is 1. The van der Waals surface area contributed by atoms with E-state index in [0.29, 0.717) is 12.8 Å². The zero-order valence-corrected chi connectivity index (χ0v) is 27.5. The second-order valence-electron chi connectivity index (χ2n) is 12.8. The number of esters is 1. The van der Waals surface area contributed by atoms with Gasteiger partial charge in [0.25, 0.3) is 0 Å². The number of benzene rings is 1. The van der Waals surface area contributed by atoms with Gasteiger partial charge in [-0.2, -0.15) is 0 Å². The molecule has 3 amide bonds. The number of hydrogen-bond donors (Lipinski definition) is 2. The van der Waals surface area contributed by atoms with Crippen LogP contribution in [0, 0.1) is 11.8 Å². The highest BCUT2D eigenvalue weighted by atomic mass is 79.9.